The summed E-state index contributed by atoms with van der Waals surface area (Å²) < 4.78 is 26.7. The number of rotatable bonds is 5. The van der Waals surface area contributed by atoms with Gasteiger partial charge in [0.15, 0.2) is 0 Å². The van der Waals surface area contributed by atoms with E-state index in [4.69, 9.17) is 21.1 Å². The van der Waals surface area contributed by atoms with Gasteiger partial charge >= 0.3 is 5.97 Å². The maximum Gasteiger partial charge on any atom is 0.329 e. The Labute approximate surface area is 217 Å². The van der Waals surface area contributed by atoms with Gasteiger partial charge in [0.25, 0.3) is 5.91 Å². The lowest BCUT2D eigenvalue weighted by atomic mass is 9.46. The van der Waals surface area contributed by atoms with Gasteiger partial charge in [0, 0.05) is 12.6 Å². The van der Waals surface area contributed by atoms with Crippen LogP contribution >= 0.6 is 11.6 Å². The molecule has 0 spiro atoms. The Morgan fingerprint density at radius 3 is 2.39 bits per heavy atom. The summed E-state index contributed by atoms with van der Waals surface area (Å²) >= 11 is 6.46. The minimum Gasteiger partial charge on any atom is -0.490 e. The normalized spacial score (nSPS) is 32.9. The van der Waals surface area contributed by atoms with Crippen LogP contribution in [0.1, 0.15) is 76.1 Å². The number of likely N-dealkylation sites (tertiary alicyclic amines) is 1. The van der Waals surface area contributed by atoms with Crippen LogP contribution in [0, 0.1) is 46.2 Å². The van der Waals surface area contributed by atoms with Gasteiger partial charge in [-0.05, 0) is 95.5 Å². The van der Waals surface area contributed by atoms with Crippen LogP contribution in [-0.4, -0.2) is 41.6 Å². The molecule has 0 N–H and O–H groups in total. The number of ether oxygens (including phenoxy) is 2. The Balaban J connectivity index is 1.31. The molecule has 5 fully saturated rings. The number of benzene rings is 1. The topological polar surface area (TPSA) is 79.6 Å². The highest BCUT2D eigenvalue weighted by Gasteiger charge is 2.58. The molecule has 36 heavy (non-hydrogen) atoms. The van der Waals surface area contributed by atoms with Crippen molar-refractivity contribution in [3.63, 3.8) is 0 Å². The van der Waals surface area contributed by atoms with Crippen LogP contribution < -0.4 is 4.74 Å². The van der Waals surface area contributed by atoms with Crippen LogP contribution in [-0.2, 0) is 9.53 Å². The number of carbonyl (C=O) groups is 2. The zero-order chi connectivity index (χ0) is 25.8. The lowest BCUT2D eigenvalue weighted by Gasteiger charge is -2.58. The molecule has 0 unspecified atom stereocenters. The minimum atomic E-state index is -0.759. The maximum absolute atomic E-state index is 15.2. The third-order valence-electron chi connectivity index (χ3n) is 8.71. The highest BCUT2D eigenvalue weighted by Crippen LogP contribution is 2.62. The van der Waals surface area contributed by atoms with E-state index in [2.05, 4.69) is 6.07 Å². The van der Waals surface area contributed by atoms with E-state index in [-0.39, 0.29) is 22.9 Å². The first-order valence-electron chi connectivity index (χ1n) is 13.1. The summed E-state index contributed by atoms with van der Waals surface area (Å²) in [5.74, 6) is 0.350. The Hall–Kier alpha value is -2.33. The van der Waals surface area contributed by atoms with E-state index in [1.807, 2.05) is 0 Å². The van der Waals surface area contributed by atoms with Gasteiger partial charge < -0.3 is 14.4 Å². The van der Waals surface area contributed by atoms with E-state index in [1.165, 1.54) is 17.4 Å². The van der Waals surface area contributed by atoms with Crippen molar-refractivity contribution >= 4 is 23.5 Å². The third-order valence-corrected chi connectivity index (χ3v) is 9.01. The molecule has 6 rings (SSSR count). The molecule has 1 heterocycles. The van der Waals surface area contributed by atoms with Crippen LogP contribution in [0.3, 0.4) is 0 Å². The largest absolute Gasteiger partial charge is 0.490 e. The highest BCUT2D eigenvalue weighted by molar-refractivity contribution is 6.32. The van der Waals surface area contributed by atoms with Gasteiger partial charge in [-0.3, -0.25) is 4.79 Å². The second-order valence-electron chi connectivity index (χ2n) is 12.2. The summed E-state index contributed by atoms with van der Waals surface area (Å²) in [6, 6.07) is 4.25. The molecule has 8 heteroatoms. The number of carbonyl (C=O) groups excluding carboxylic acids is 2. The van der Waals surface area contributed by atoms with Crippen molar-refractivity contribution in [1.82, 2.24) is 4.90 Å². The zero-order valence-electron chi connectivity index (χ0n) is 21.2. The Morgan fingerprint density at radius 1 is 1.17 bits per heavy atom. The van der Waals surface area contributed by atoms with Crippen molar-refractivity contribution in [1.29, 1.82) is 5.26 Å². The highest BCUT2D eigenvalue weighted by atomic mass is 35.5. The molecule has 194 valence electrons. The first-order chi connectivity index (χ1) is 17.0. The number of nitrogens with zero attached hydrogens (tertiary/aromatic N) is 2. The molecule has 1 aromatic carbocycles. The van der Waals surface area contributed by atoms with E-state index in [1.54, 1.807) is 20.8 Å². The lowest BCUT2D eigenvalue weighted by molar-refractivity contribution is -0.159. The van der Waals surface area contributed by atoms with Crippen molar-refractivity contribution in [2.75, 3.05) is 13.2 Å². The number of halogens is 2. The second-order valence-corrected chi connectivity index (χ2v) is 12.6. The fourth-order valence-corrected chi connectivity index (χ4v) is 7.47. The van der Waals surface area contributed by atoms with Gasteiger partial charge in [-0.1, -0.05) is 11.6 Å². The summed E-state index contributed by atoms with van der Waals surface area (Å²) in [6.07, 6.45) is 6.64. The second kappa shape index (κ2) is 9.20. The van der Waals surface area contributed by atoms with Gasteiger partial charge in [0.05, 0.1) is 22.1 Å². The molecule has 5 aliphatic rings. The summed E-state index contributed by atoms with van der Waals surface area (Å²) in [6.45, 7) is 5.82. The predicted octanol–water partition coefficient (Wildman–Crippen LogP) is 5.77. The zero-order valence-corrected chi connectivity index (χ0v) is 21.9. The van der Waals surface area contributed by atoms with Crippen LogP contribution in [0.2, 0.25) is 5.02 Å². The summed E-state index contributed by atoms with van der Waals surface area (Å²) in [4.78, 5) is 27.2. The van der Waals surface area contributed by atoms with Crippen molar-refractivity contribution in [2.45, 2.75) is 77.4 Å². The molecule has 0 aromatic heterocycles. The van der Waals surface area contributed by atoms with Gasteiger partial charge in [-0.25, -0.2) is 9.18 Å². The molecular weight excluding hydrogens is 483 g/mol. The molecular formula is C28H34ClFN2O4. The van der Waals surface area contributed by atoms with Crippen LogP contribution in [0.15, 0.2) is 12.1 Å². The summed E-state index contributed by atoms with van der Waals surface area (Å²) in [7, 11) is 0. The average Bonchev–Trinajstić information content (AvgIpc) is 3.29. The smallest absolute Gasteiger partial charge is 0.329 e. The van der Waals surface area contributed by atoms with Crippen molar-refractivity contribution in [2.24, 2.45) is 29.1 Å². The molecule has 1 atom stereocenters. The Morgan fingerprint density at radius 2 is 1.81 bits per heavy atom. The van der Waals surface area contributed by atoms with E-state index in [0.717, 1.165) is 43.6 Å². The van der Waals surface area contributed by atoms with Crippen molar-refractivity contribution in [3.05, 3.63) is 28.5 Å². The molecule has 4 bridgehead atoms. The molecule has 1 saturated heterocycles. The van der Waals surface area contributed by atoms with Gasteiger partial charge in [0.2, 0.25) is 0 Å². The fraction of sp³-hybridized carbons (Fsp3) is 0.679. The average molecular weight is 517 g/mol. The Bertz CT molecular complexity index is 1080. The monoisotopic (exact) mass is 516 g/mol. The standard InChI is InChI=1S/C28H34ClFN2O4/c1-27(2,3)36-26(34)23-5-4-6-32(23)25(33)20-12-21(29)24(13-22(20)30)35-15-28(14-31)18-8-16-7-17(10-18)11-19(28)9-16/h12-13,16-19,23H,4-11,15H2,1-3H3/t16?,17?,18?,19?,23-,28?/m0/s1. The Kier molecular flexibility index (Phi) is 6.47. The van der Waals surface area contributed by atoms with E-state index >= 15 is 4.39 Å². The molecule has 6 nitrogen and oxygen atoms in total. The number of hydrogen-bond acceptors (Lipinski definition) is 5. The van der Waals surface area contributed by atoms with Gasteiger partial charge in [-0.2, -0.15) is 5.26 Å². The molecule has 4 aliphatic carbocycles. The van der Waals surface area contributed by atoms with E-state index in [0.29, 0.717) is 31.2 Å². The van der Waals surface area contributed by atoms with Crippen molar-refractivity contribution < 1.29 is 23.5 Å². The van der Waals surface area contributed by atoms with Crippen LogP contribution in [0.5, 0.6) is 5.75 Å². The molecule has 0 radical (unpaired) electrons. The minimum absolute atomic E-state index is 0.115. The molecule has 1 aromatic rings. The van der Waals surface area contributed by atoms with Crippen LogP contribution in [0.25, 0.3) is 0 Å². The molecule has 4 saturated carbocycles. The number of hydrogen-bond donors (Lipinski definition) is 0. The summed E-state index contributed by atoms with van der Waals surface area (Å²) in [5, 5.41) is 10.3. The number of nitriles is 1. The van der Waals surface area contributed by atoms with E-state index < -0.39 is 34.8 Å². The maximum atomic E-state index is 15.2. The number of esters is 1. The first-order valence-corrected chi connectivity index (χ1v) is 13.5. The van der Waals surface area contributed by atoms with Gasteiger partial charge in [0.1, 0.15) is 29.8 Å². The van der Waals surface area contributed by atoms with Crippen LogP contribution in [0.4, 0.5) is 4.39 Å². The third kappa shape index (κ3) is 4.47. The predicted molar refractivity (Wildman–Crippen MR) is 132 cm³/mol. The van der Waals surface area contributed by atoms with Gasteiger partial charge in [-0.15, -0.1) is 0 Å². The first kappa shape index (κ1) is 25.3. The fourth-order valence-electron chi connectivity index (χ4n) is 7.26. The van der Waals surface area contributed by atoms with Crippen molar-refractivity contribution in [3.8, 4) is 11.8 Å². The number of amides is 1. The molecule has 1 amide bonds. The lowest BCUT2D eigenvalue weighted by Crippen LogP contribution is -2.54. The molecule has 1 aliphatic heterocycles. The summed E-state index contributed by atoms with van der Waals surface area (Å²) in [5.41, 5.74) is -1.45. The van der Waals surface area contributed by atoms with E-state index in [9.17, 15) is 14.9 Å². The quantitative estimate of drug-likeness (QED) is 0.464. The SMILES string of the molecule is CC(C)(C)OC(=O)[C@@H]1CCCN1C(=O)c1cc(Cl)c(OCC2(C#N)C3CC4CC(C3)CC2C4)cc1F.